The second-order valence-corrected chi connectivity index (χ2v) is 4.15. The Hall–Kier alpha value is -2.38. The van der Waals surface area contributed by atoms with Crippen LogP contribution in [-0.2, 0) is 13.1 Å². The smallest absolute Gasteiger partial charge is 0.181 e. The number of aromatic nitrogens is 6. The first kappa shape index (κ1) is 13.1. The van der Waals surface area contributed by atoms with Gasteiger partial charge in [-0.25, -0.2) is 0 Å². The standard InChI is InChI=1S/C11H14N6O2/c1-9(19)11-7-17(15-13-11)5-3-2-4-16-6-10(8-18)12-14-16/h6-8H,2-5H2,1H3. The first-order valence-electron chi connectivity index (χ1n) is 5.95. The highest BCUT2D eigenvalue weighted by Crippen LogP contribution is 2.00. The maximum Gasteiger partial charge on any atom is 0.181 e. The van der Waals surface area contributed by atoms with Gasteiger partial charge in [0.05, 0.1) is 12.4 Å². The molecule has 0 spiro atoms. The molecular formula is C11H14N6O2. The molecule has 2 rings (SSSR count). The van der Waals surface area contributed by atoms with E-state index in [0.29, 0.717) is 30.8 Å². The third kappa shape index (κ3) is 3.54. The molecule has 0 amide bonds. The van der Waals surface area contributed by atoms with E-state index in [-0.39, 0.29) is 5.78 Å². The predicted octanol–water partition coefficient (Wildman–Crippen LogP) is 0.365. The van der Waals surface area contributed by atoms with Crippen molar-refractivity contribution in [2.45, 2.75) is 32.9 Å². The van der Waals surface area contributed by atoms with Crippen molar-refractivity contribution < 1.29 is 9.59 Å². The Labute approximate surface area is 109 Å². The topological polar surface area (TPSA) is 95.6 Å². The average molecular weight is 262 g/mol. The summed E-state index contributed by atoms with van der Waals surface area (Å²) >= 11 is 0. The number of Topliss-reactive ketones (excluding diaryl/α,β-unsaturated/α-hetero) is 1. The summed E-state index contributed by atoms with van der Waals surface area (Å²) in [7, 11) is 0. The van der Waals surface area contributed by atoms with E-state index < -0.39 is 0 Å². The molecule has 0 N–H and O–H groups in total. The van der Waals surface area contributed by atoms with E-state index in [2.05, 4.69) is 20.6 Å². The number of hydrogen-bond acceptors (Lipinski definition) is 6. The zero-order valence-corrected chi connectivity index (χ0v) is 10.6. The fourth-order valence-corrected chi connectivity index (χ4v) is 1.59. The van der Waals surface area contributed by atoms with Crippen molar-refractivity contribution in [3.63, 3.8) is 0 Å². The van der Waals surface area contributed by atoms with Gasteiger partial charge in [0.1, 0.15) is 11.4 Å². The van der Waals surface area contributed by atoms with E-state index in [4.69, 9.17) is 0 Å². The second-order valence-electron chi connectivity index (χ2n) is 4.15. The lowest BCUT2D eigenvalue weighted by Crippen LogP contribution is -2.03. The number of nitrogens with zero attached hydrogens (tertiary/aromatic N) is 6. The Bertz CT molecular complexity index is 573. The van der Waals surface area contributed by atoms with Crippen LogP contribution in [0.2, 0.25) is 0 Å². The van der Waals surface area contributed by atoms with Gasteiger partial charge < -0.3 is 0 Å². The molecule has 19 heavy (non-hydrogen) atoms. The van der Waals surface area contributed by atoms with E-state index in [1.54, 1.807) is 21.8 Å². The molecule has 0 aliphatic heterocycles. The van der Waals surface area contributed by atoms with Crippen LogP contribution in [0.25, 0.3) is 0 Å². The number of ketones is 1. The Morgan fingerprint density at radius 3 is 2.32 bits per heavy atom. The van der Waals surface area contributed by atoms with Gasteiger partial charge in [0.2, 0.25) is 0 Å². The molecule has 2 heterocycles. The van der Waals surface area contributed by atoms with E-state index in [9.17, 15) is 9.59 Å². The lowest BCUT2D eigenvalue weighted by atomic mass is 10.3. The van der Waals surface area contributed by atoms with Gasteiger partial charge in [-0.05, 0) is 12.8 Å². The monoisotopic (exact) mass is 262 g/mol. The number of rotatable bonds is 7. The van der Waals surface area contributed by atoms with Crippen molar-refractivity contribution in [3.8, 4) is 0 Å². The minimum Gasteiger partial charge on any atom is -0.296 e. The van der Waals surface area contributed by atoms with Crippen molar-refractivity contribution in [1.82, 2.24) is 30.0 Å². The Morgan fingerprint density at radius 1 is 1.16 bits per heavy atom. The molecule has 2 aromatic rings. The van der Waals surface area contributed by atoms with Crippen molar-refractivity contribution >= 4 is 12.1 Å². The number of carbonyl (C=O) groups excluding carboxylic acids is 2. The summed E-state index contributed by atoms with van der Waals surface area (Å²) in [6.07, 6.45) is 5.66. The highest BCUT2D eigenvalue weighted by atomic mass is 16.1. The van der Waals surface area contributed by atoms with Crippen LogP contribution in [0.3, 0.4) is 0 Å². The van der Waals surface area contributed by atoms with Gasteiger partial charge in [-0.1, -0.05) is 10.4 Å². The van der Waals surface area contributed by atoms with E-state index in [1.807, 2.05) is 0 Å². The van der Waals surface area contributed by atoms with Crippen molar-refractivity contribution in [2.75, 3.05) is 0 Å². The van der Waals surface area contributed by atoms with Crippen LogP contribution in [0.15, 0.2) is 12.4 Å². The molecule has 0 aromatic carbocycles. The van der Waals surface area contributed by atoms with Crippen molar-refractivity contribution in [2.24, 2.45) is 0 Å². The molecule has 2 aromatic heterocycles. The summed E-state index contributed by atoms with van der Waals surface area (Å²) < 4.78 is 3.28. The third-order valence-electron chi connectivity index (χ3n) is 2.60. The predicted molar refractivity (Wildman–Crippen MR) is 64.7 cm³/mol. The largest absolute Gasteiger partial charge is 0.296 e. The number of unbranched alkanes of at least 4 members (excludes halogenated alkanes) is 1. The Kier molecular flexibility index (Phi) is 4.11. The average Bonchev–Trinajstić information content (AvgIpc) is 3.03. The molecular weight excluding hydrogens is 248 g/mol. The summed E-state index contributed by atoms with van der Waals surface area (Å²) in [6, 6.07) is 0. The van der Waals surface area contributed by atoms with Crippen LogP contribution in [0, 0.1) is 0 Å². The molecule has 0 atom stereocenters. The summed E-state index contributed by atoms with van der Waals surface area (Å²) in [4.78, 5) is 21.5. The van der Waals surface area contributed by atoms with Crippen LogP contribution in [0.1, 0.15) is 40.7 Å². The Balaban J connectivity index is 1.74. The molecule has 0 aliphatic carbocycles. The van der Waals surface area contributed by atoms with Crippen LogP contribution >= 0.6 is 0 Å². The van der Waals surface area contributed by atoms with Gasteiger partial charge in [-0.15, -0.1) is 10.2 Å². The van der Waals surface area contributed by atoms with Crippen LogP contribution < -0.4 is 0 Å². The number of aryl methyl sites for hydroxylation is 2. The molecule has 0 saturated heterocycles. The van der Waals surface area contributed by atoms with Gasteiger partial charge in [0, 0.05) is 20.0 Å². The van der Waals surface area contributed by atoms with Crippen molar-refractivity contribution in [3.05, 3.63) is 23.8 Å². The number of hydrogen-bond donors (Lipinski definition) is 0. The molecule has 8 nitrogen and oxygen atoms in total. The highest BCUT2D eigenvalue weighted by molar-refractivity contribution is 5.91. The third-order valence-corrected chi connectivity index (χ3v) is 2.60. The lowest BCUT2D eigenvalue weighted by Gasteiger charge is -2.00. The fourth-order valence-electron chi connectivity index (χ4n) is 1.59. The minimum atomic E-state index is -0.0877. The van der Waals surface area contributed by atoms with Gasteiger partial charge in [-0.3, -0.25) is 19.0 Å². The van der Waals surface area contributed by atoms with Gasteiger partial charge >= 0.3 is 0 Å². The van der Waals surface area contributed by atoms with E-state index in [0.717, 1.165) is 12.8 Å². The summed E-state index contributed by atoms with van der Waals surface area (Å²) in [5, 5.41) is 15.1. The quantitative estimate of drug-likeness (QED) is 0.406. The molecule has 0 fully saturated rings. The van der Waals surface area contributed by atoms with E-state index in [1.165, 1.54) is 6.92 Å². The van der Waals surface area contributed by atoms with Gasteiger partial charge in [-0.2, -0.15) is 0 Å². The van der Waals surface area contributed by atoms with Crippen LogP contribution in [0.4, 0.5) is 0 Å². The molecule has 0 bridgehead atoms. The second kappa shape index (κ2) is 5.98. The number of aldehydes is 1. The molecule has 8 heteroatoms. The number of carbonyl (C=O) groups is 2. The molecule has 0 saturated carbocycles. The fraction of sp³-hybridized carbons (Fsp3) is 0.455. The SMILES string of the molecule is CC(=O)c1cn(CCCCn2cc(C=O)nn2)nn1. The van der Waals surface area contributed by atoms with E-state index >= 15 is 0 Å². The zero-order chi connectivity index (χ0) is 13.7. The first-order valence-corrected chi connectivity index (χ1v) is 5.95. The Morgan fingerprint density at radius 2 is 1.79 bits per heavy atom. The molecule has 100 valence electrons. The lowest BCUT2D eigenvalue weighted by molar-refractivity contribution is 0.101. The molecule has 0 radical (unpaired) electrons. The minimum absolute atomic E-state index is 0.0877. The molecule has 0 aliphatic rings. The first-order chi connectivity index (χ1) is 9.19. The van der Waals surface area contributed by atoms with Crippen LogP contribution in [-0.4, -0.2) is 42.1 Å². The van der Waals surface area contributed by atoms with Crippen LogP contribution in [0.5, 0.6) is 0 Å². The summed E-state index contributed by atoms with van der Waals surface area (Å²) in [5.74, 6) is -0.0877. The van der Waals surface area contributed by atoms with Crippen molar-refractivity contribution in [1.29, 1.82) is 0 Å². The maximum absolute atomic E-state index is 11.0. The summed E-state index contributed by atoms with van der Waals surface area (Å²) in [6.45, 7) is 2.84. The highest BCUT2D eigenvalue weighted by Gasteiger charge is 2.04. The maximum atomic E-state index is 11.0. The summed E-state index contributed by atoms with van der Waals surface area (Å²) in [5.41, 5.74) is 0.717. The normalized spacial score (nSPS) is 10.6. The van der Waals surface area contributed by atoms with Gasteiger partial charge in [0.15, 0.2) is 12.1 Å². The molecule has 0 unspecified atom stereocenters. The zero-order valence-electron chi connectivity index (χ0n) is 10.6. The van der Waals surface area contributed by atoms with Gasteiger partial charge in [0.25, 0.3) is 0 Å².